The first-order valence-electron chi connectivity index (χ1n) is 13.3. The van der Waals surface area contributed by atoms with Crippen LogP contribution in [0.15, 0.2) is 28.8 Å². The molecular weight excluding hydrogens is 577 g/mol. The number of anilines is 1. The third kappa shape index (κ3) is 9.04. The number of thiazole rings is 1. The van der Waals surface area contributed by atoms with Gasteiger partial charge in [0.1, 0.15) is 24.1 Å². The van der Waals surface area contributed by atoms with E-state index in [1.54, 1.807) is 6.20 Å². The number of aliphatic hydroxyl groups is 1. The molecule has 8 nitrogen and oxygen atoms in total. The predicted octanol–water partition coefficient (Wildman–Crippen LogP) is 7.35. The van der Waals surface area contributed by atoms with E-state index >= 15 is 0 Å². The van der Waals surface area contributed by atoms with Crippen LogP contribution in [0.5, 0.6) is 5.75 Å². The van der Waals surface area contributed by atoms with Gasteiger partial charge in [-0.15, -0.1) is 23.2 Å². The molecule has 0 aliphatic carbocycles. The number of aromatic nitrogens is 2. The Kier molecular flexibility index (Phi) is 11.9. The highest BCUT2D eigenvalue weighted by molar-refractivity contribution is 7.15. The molecule has 1 aliphatic heterocycles. The average molecular weight is 619 g/mol. The van der Waals surface area contributed by atoms with Crippen molar-refractivity contribution in [2.75, 3.05) is 36.7 Å². The molecule has 4 rings (SSSR count). The fourth-order valence-corrected chi connectivity index (χ4v) is 5.60. The lowest BCUT2D eigenvalue weighted by atomic mass is 10.2. The molecule has 1 aromatic carbocycles. The minimum Gasteiger partial charge on any atom is -0.488 e. The van der Waals surface area contributed by atoms with Crippen molar-refractivity contribution in [1.29, 1.82) is 0 Å². The number of oxazole rings is 1. The smallest absolute Gasteiger partial charge is 0.198 e. The van der Waals surface area contributed by atoms with Gasteiger partial charge in [-0.1, -0.05) is 39.0 Å². The molecule has 39 heavy (non-hydrogen) atoms. The van der Waals surface area contributed by atoms with Crippen molar-refractivity contribution in [3.05, 3.63) is 35.2 Å². The molecule has 0 saturated carbocycles. The van der Waals surface area contributed by atoms with Gasteiger partial charge in [0.2, 0.25) is 0 Å². The molecule has 2 unspecified atom stereocenters. The number of benzene rings is 1. The second kappa shape index (κ2) is 14.5. The van der Waals surface area contributed by atoms with Gasteiger partial charge in [0.15, 0.2) is 24.9 Å². The van der Waals surface area contributed by atoms with Crippen LogP contribution in [0.3, 0.4) is 0 Å². The van der Waals surface area contributed by atoms with E-state index in [-0.39, 0.29) is 22.9 Å². The Hall–Kier alpha value is -1.40. The summed E-state index contributed by atoms with van der Waals surface area (Å²) >= 11 is 11.0. The number of rotatable bonds is 10. The summed E-state index contributed by atoms with van der Waals surface area (Å²) in [7, 11) is -1.84. The van der Waals surface area contributed by atoms with Gasteiger partial charge < -0.3 is 28.3 Å². The molecule has 0 spiro atoms. The summed E-state index contributed by atoms with van der Waals surface area (Å²) in [5, 5.41) is 12.0. The first-order chi connectivity index (χ1) is 18.5. The number of aliphatic hydroxyl groups excluding tert-OH is 1. The van der Waals surface area contributed by atoms with E-state index < -0.39 is 14.4 Å². The summed E-state index contributed by atoms with van der Waals surface area (Å²) in [5.41, 5.74) is 1.39. The van der Waals surface area contributed by atoms with Crippen LogP contribution in [0.1, 0.15) is 57.4 Å². The highest BCUT2D eigenvalue weighted by atomic mass is 35.5. The topological polar surface area (TPSA) is 90.1 Å². The molecule has 1 fully saturated rings. The lowest BCUT2D eigenvalue weighted by molar-refractivity contribution is 0.107. The fourth-order valence-electron chi connectivity index (χ4n) is 3.65. The van der Waals surface area contributed by atoms with Crippen molar-refractivity contribution < 1.29 is 23.4 Å². The molecule has 1 N–H and O–H groups in total. The maximum atomic E-state index is 10.8. The average Bonchev–Trinajstić information content (AvgIpc) is 3.54. The van der Waals surface area contributed by atoms with Crippen LogP contribution in [0.25, 0.3) is 11.1 Å². The number of halogens is 2. The van der Waals surface area contributed by atoms with Gasteiger partial charge in [-0.3, -0.25) is 0 Å². The van der Waals surface area contributed by atoms with Gasteiger partial charge >= 0.3 is 0 Å². The number of alkyl halides is 2. The maximum absolute atomic E-state index is 10.8. The monoisotopic (exact) mass is 617 g/mol. The molecule has 3 aromatic rings. The fraction of sp³-hybridized carbons (Fsp3) is 0.630. The zero-order chi connectivity index (χ0) is 28.6. The minimum absolute atomic E-state index is 0.0355. The minimum atomic E-state index is -1.84. The van der Waals surface area contributed by atoms with E-state index in [1.165, 1.54) is 11.3 Å². The Labute approximate surface area is 246 Å². The number of ether oxygens (including phenoxy) is 2. The Balaban J connectivity index is 0.00000134. The maximum Gasteiger partial charge on any atom is 0.198 e. The van der Waals surface area contributed by atoms with Gasteiger partial charge in [0.25, 0.3) is 0 Å². The van der Waals surface area contributed by atoms with Gasteiger partial charge in [-0.2, -0.15) is 0 Å². The third-order valence-electron chi connectivity index (χ3n) is 7.04. The molecule has 0 radical (unpaired) electrons. The van der Waals surface area contributed by atoms with E-state index in [9.17, 15) is 5.11 Å². The summed E-state index contributed by atoms with van der Waals surface area (Å²) in [4.78, 5) is 11.9. The summed E-state index contributed by atoms with van der Waals surface area (Å²) in [5.74, 6) is 1.21. The van der Waals surface area contributed by atoms with Crippen LogP contribution < -0.4 is 9.64 Å². The lowest BCUT2D eigenvalue weighted by Gasteiger charge is -2.37. The van der Waals surface area contributed by atoms with Gasteiger partial charge in [0.05, 0.1) is 36.0 Å². The van der Waals surface area contributed by atoms with Crippen molar-refractivity contribution in [3.63, 3.8) is 0 Å². The van der Waals surface area contributed by atoms with Gasteiger partial charge in [-0.05, 0) is 43.1 Å². The molecule has 218 valence electrons. The molecule has 0 bridgehead atoms. The second-order valence-electron chi connectivity index (χ2n) is 11.0. The van der Waals surface area contributed by atoms with Crippen molar-refractivity contribution in [3.8, 4) is 5.75 Å². The van der Waals surface area contributed by atoms with Crippen molar-refractivity contribution in [2.24, 2.45) is 0 Å². The first kappa shape index (κ1) is 32.1. The molecule has 3 heterocycles. The summed E-state index contributed by atoms with van der Waals surface area (Å²) in [6.45, 7) is 16.2. The third-order valence-corrected chi connectivity index (χ3v) is 12.7. The molecule has 2 atom stereocenters. The van der Waals surface area contributed by atoms with E-state index in [1.807, 2.05) is 18.2 Å². The quantitative estimate of drug-likeness (QED) is 0.186. The van der Waals surface area contributed by atoms with Crippen LogP contribution in [0.4, 0.5) is 5.13 Å². The Morgan fingerprint density at radius 2 is 2.00 bits per heavy atom. The van der Waals surface area contributed by atoms with Crippen molar-refractivity contribution in [2.45, 2.75) is 77.3 Å². The Morgan fingerprint density at radius 1 is 1.26 bits per heavy atom. The largest absolute Gasteiger partial charge is 0.488 e. The Bertz CT molecular complexity index is 1160. The van der Waals surface area contributed by atoms with E-state index in [0.717, 1.165) is 47.3 Å². The molecule has 1 saturated heterocycles. The Morgan fingerprint density at radius 3 is 2.64 bits per heavy atom. The summed E-state index contributed by atoms with van der Waals surface area (Å²) in [6, 6.07) is 5.68. The normalized spacial score (nSPS) is 16.1. The zero-order valence-corrected chi connectivity index (χ0v) is 27.0. The predicted molar refractivity (Wildman–Crippen MR) is 162 cm³/mol. The second-order valence-corrected chi connectivity index (χ2v) is 17.6. The molecular formula is C27H41Cl2N3O5SSi. The van der Waals surface area contributed by atoms with Crippen molar-refractivity contribution in [1.82, 2.24) is 9.97 Å². The van der Waals surface area contributed by atoms with E-state index in [0.29, 0.717) is 24.8 Å². The summed E-state index contributed by atoms with van der Waals surface area (Å²) in [6.07, 6.45) is 3.07. The van der Waals surface area contributed by atoms with Crippen LogP contribution in [-0.4, -0.2) is 61.3 Å². The molecule has 0 amide bonds. The zero-order valence-electron chi connectivity index (χ0n) is 23.7. The van der Waals surface area contributed by atoms with Crippen LogP contribution in [0, 0.1) is 0 Å². The van der Waals surface area contributed by atoms with E-state index in [4.69, 9.17) is 41.5 Å². The van der Waals surface area contributed by atoms with E-state index in [2.05, 4.69) is 55.7 Å². The molecule has 12 heteroatoms. The van der Waals surface area contributed by atoms with Crippen LogP contribution in [0.2, 0.25) is 18.1 Å². The highest BCUT2D eigenvalue weighted by Gasteiger charge is 2.37. The lowest BCUT2D eigenvalue weighted by Crippen LogP contribution is -2.43. The number of fused-ring (bicyclic) bond motifs is 1. The number of hydrogen-bond acceptors (Lipinski definition) is 9. The first-order valence-corrected chi connectivity index (χ1v) is 18.0. The van der Waals surface area contributed by atoms with Crippen LogP contribution >= 0.6 is 34.5 Å². The number of hydrogen-bond donors (Lipinski definition) is 1. The summed E-state index contributed by atoms with van der Waals surface area (Å²) < 4.78 is 24.1. The number of nitrogens with zero attached hydrogens (tertiary/aromatic N) is 3. The van der Waals surface area contributed by atoms with Crippen molar-refractivity contribution >= 4 is 59.1 Å². The van der Waals surface area contributed by atoms with Gasteiger partial charge in [0, 0.05) is 18.8 Å². The molecule has 2 aromatic heterocycles. The highest BCUT2D eigenvalue weighted by Crippen LogP contribution is 2.37. The van der Waals surface area contributed by atoms with Crippen LogP contribution in [-0.2, 0) is 15.6 Å². The molecule has 1 aliphatic rings. The SMILES string of the molecule is CCC(CO[Si](C)(C)C(C)(C)C)Oc1ccc2nc(CC(O)c3cnc(N4CCCOC4)s3)oc2c1.ClCCl. The van der Waals surface area contributed by atoms with Gasteiger partial charge in [-0.25, -0.2) is 9.97 Å². The standard InChI is InChI=1S/C26H39N3O5SSi.CH2Cl2/c1-7-18(16-32-36(5,6)26(2,3)4)33-19-9-10-20-22(13-19)34-24(28-20)14-21(30)23-15-27-25(35-23)29-11-8-12-31-17-29;2-1-3/h9-10,13,15,18,21,30H,7-8,11-12,14,16-17H2,1-6H3;1H2.